The molecule has 9 N–H and O–H groups in total. The number of aromatic hydroxyl groups is 1. The highest BCUT2D eigenvalue weighted by molar-refractivity contribution is 5.89. The molecule has 15 heteroatoms. The van der Waals surface area contributed by atoms with Gasteiger partial charge in [0.25, 0.3) is 0 Å². The number of hydrogen-bond donors (Lipinski definition) is 9. The van der Waals surface area contributed by atoms with Gasteiger partial charge in [-0.05, 0) is 23.8 Å². The van der Waals surface area contributed by atoms with Crippen molar-refractivity contribution in [3.8, 4) is 11.5 Å². The molecule has 0 spiro atoms. The molecule has 0 aromatic heterocycles. The lowest BCUT2D eigenvalue weighted by atomic mass is 9.99. The van der Waals surface area contributed by atoms with Gasteiger partial charge < -0.3 is 60.4 Å². The number of aliphatic carboxylic acids is 3. The number of quaternary nitrogens is 1. The van der Waals surface area contributed by atoms with Crippen molar-refractivity contribution in [3.05, 3.63) is 41.1 Å². The second-order valence-corrected chi connectivity index (χ2v) is 9.48. The van der Waals surface area contributed by atoms with Crippen LogP contribution in [0.25, 0.3) is 0 Å². The molecule has 1 aromatic rings. The smallest absolute Gasteiger partial charge is 0.351 e. The van der Waals surface area contributed by atoms with Crippen molar-refractivity contribution in [1.82, 2.24) is 5.32 Å². The van der Waals surface area contributed by atoms with E-state index in [-0.39, 0.29) is 30.8 Å². The maximum atomic E-state index is 11.9. The molecule has 15 nitrogen and oxygen atoms in total. The minimum atomic E-state index is -1.75. The second kappa shape index (κ2) is 11.2. The highest BCUT2D eigenvalue weighted by atomic mass is 16.7. The maximum absolute atomic E-state index is 11.9. The van der Waals surface area contributed by atoms with Gasteiger partial charge in [-0.15, -0.1) is 0 Å². The number of benzene rings is 1. The van der Waals surface area contributed by atoms with Crippen LogP contribution >= 0.6 is 0 Å². The number of carboxylic acids is 3. The fourth-order valence-corrected chi connectivity index (χ4v) is 4.89. The van der Waals surface area contributed by atoms with Gasteiger partial charge in [-0.2, -0.15) is 0 Å². The van der Waals surface area contributed by atoms with Crippen LogP contribution in [-0.4, -0.2) is 110 Å². The third kappa shape index (κ3) is 5.68. The Balaban J connectivity index is 1.62. The molecule has 1 fully saturated rings. The molecule has 8 atom stereocenters. The Morgan fingerprint density at radius 2 is 1.85 bits per heavy atom. The van der Waals surface area contributed by atoms with Gasteiger partial charge in [0.05, 0.1) is 6.61 Å². The molecule has 39 heavy (non-hydrogen) atoms. The van der Waals surface area contributed by atoms with E-state index in [0.29, 0.717) is 21.7 Å². The standard InChI is InChI=1S/C24H28N2O13/c27-8-17-18(29)19(30)20(31)24(39-17)38-16-7-13-10(6-15(16)28)5-14(23(36)37)26(13)2-1-9-3-11(21(32)33)25-12(4-9)22(34)35/h1,3,6-7,12,14,17-20,24-25,27-31H,2,4-5,8H2,(H,32,33)(H,34,35)(H,36,37)/t12-,14-,17-,18-,19+,20-,24-/m1/s1. The van der Waals surface area contributed by atoms with E-state index in [9.17, 15) is 55.2 Å². The first-order valence-corrected chi connectivity index (χ1v) is 11.9. The molecule has 1 unspecified atom stereocenters. The second-order valence-electron chi connectivity index (χ2n) is 9.48. The fourth-order valence-electron chi connectivity index (χ4n) is 4.89. The number of allylic oxidation sites excluding steroid dienone is 1. The predicted molar refractivity (Wildman–Crippen MR) is 123 cm³/mol. The first-order valence-electron chi connectivity index (χ1n) is 11.9. The quantitative estimate of drug-likeness (QED) is 0.137. The topological polar surface area (TPSA) is 251 Å². The molecule has 0 radical (unpaired) electrons. The summed E-state index contributed by atoms with van der Waals surface area (Å²) >= 11 is 0. The summed E-state index contributed by atoms with van der Waals surface area (Å²) in [6, 6.07) is 0.265. The van der Waals surface area contributed by atoms with Gasteiger partial charge in [-0.3, -0.25) is 4.90 Å². The molecule has 3 heterocycles. The molecule has 0 saturated carbocycles. The lowest BCUT2D eigenvalue weighted by Gasteiger charge is -2.39. The summed E-state index contributed by atoms with van der Waals surface area (Å²) in [7, 11) is 0. The van der Waals surface area contributed by atoms with Gasteiger partial charge in [0, 0.05) is 24.5 Å². The third-order valence-electron chi connectivity index (χ3n) is 6.96. The number of phenolic OH excluding ortho intramolecular Hbond substituents is 1. The number of aliphatic hydroxyl groups excluding tert-OH is 4. The van der Waals surface area contributed by atoms with Gasteiger partial charge in [0.2, 0.25) is 6.29 Å². The van der Waals surface area contributed by atoms with Crippen LogP contribution in [0, 0.1) is 0 Å². The molecule has 212 valence electrons. The van der Waals surface area contributed by atoms with E-state index in [2.05, 4.69) is 5.32 Å². The predicted octanol–water partition coefficient (Wildman–Crippen LogP) is -4.90. The number of carbonyl (C=O) groups is 3. The summed E-state index contributed by atoms with van der Waals surface area (Å²) < 4.78 is 10.9. The first-order chi connectivity index (χ1) is 18.4. The number of rotatable bonds is 8. The molecule has 4 rings (SSSR count). The monoisotopic (exact) mass is 552 g/mol. The Bertz CT molecular complexity index is 1210. The fraction of sp³-hybridized carbons (Fsp3) is 0.458. The largest absolute Gasteiger partial charge is 0.544 e. The zero-order valence-corrected chi connectivity index (χ0v) is 20.3. The zero-order valence-electron chi connectivity index (χ0n) is 20.3. The van der Waals surface area contributed by atoms with Crippen LogP contribution in [0.1, 0.15) is 12.0 Å². The molecule has 1 saturated heterocycles. The van der Waals surface area contributed by atoms with Gasteiger partial charge >= 0.3 is 11.9 Å². The summed E-state index contributed by atoms with van der Waals surface area (Å²) in [5, 5.41) is 83.1. The van der Waals surface area contributed by atoms with Crippen molar-refractivity contribution >= 4 is 23.6 Å². The highest BCUT2D eigenvalue weighted by Crippen LogP contribution is 2.36. The number of aliphatic hydroxyl groups is 4. The van der Waals surface area contributed by atoms with Crippen LogP contribution in [0.5, 0.6) is 11.5 Å². The zero-order chi connectivity index (χ0) is 28.6. The number of fused-ring (bicyclic) bond motifs is 1. The van der Waals surface area contributed by atoms with Crippen molar-refractivity contribution in [3.63, 3.8) is 0 Å². The third-order valence-corrected chi connectivity index (χ3v) is 6.96. The van der Waals surface area contributed by atoms with Gasteiger partial charge in [-0.1, -0.05) is 0 Å². The van der Waals surface area contributed by atoms with Crippen LogP contribution in [0.3, 0.4) is 0 Å². The van der Waals surface area contributed by atoms with Crippen LogP contribution < -0.4 is 20.1 Å². The summed E-state index contributed by atoms with van der Waals surface area (Å²) in [6.07, 6.45) is -5.26. The Morgan fingerprint density at radius 1 is 1.13 bits per heavy atom. The Labute approximate surface area is 220 Å². The number of nitrogens with one attached hydrogen (secondary N) is 2. The summed E-state index contributed by atoms with van der Waals surface area (Å²) in [5.41, 5.74) is 0.831. The van der Waals surface area contributed by atoms with E-state index in [0.717, 1.165) is 0 Å². The lowest BCUT2D eigenvalue weighted by molar-refractivity contribution is -0.840. The van der Waals surface area contributed by atoms with E-state index in [4.69, 9.17) is 9.47 Å². The van der Waals surface area contributed by atoms with Crippen molar-refractivity contribution in [2.45, 2.75) is 55.6 Å². The van der Waals surface area contributed by atoms with E-state index in [1.165, 1.54) is 24.3 Å². The van der Waals surface area contributed by atoms with Crippen molar-refractivity contribution in [1.29, 1.82) is 0 Å². The molecule has 3 aliphatic heterocycles. The van der Waals surface area contributed by atoms with Crippen molar-refractivity contribution in [2.75, 3.05) is 13.2 Å². The number of hydrogen-bond acceptors (Lipinski definition) is 12. The molecule has 0 aliphatic carbocycles. The number of carboxylic acid groups (broad SMARTS) is 3. The van der Waals surface area contributed by atoms with Gasteiger partial charge in [0.1, 0.15) is 60.4 Å². The number of ether oxygens (including phenoxy) is 2. The molecular formula is C24H28N2O13. The van der Waals surface area contributed by atoms with E-state index >= 15 is 0 Å². The molecule has 1 aromatic carbocycles. The van der Waals surface area contributed by atoms with Crippen LogP contribution in [-0.2, 0) is 25.5 Å². The molecular weight excluding hydrogens is 524 g/mol. The van der Waals surface area contributed by atoms with Crippen LogP contribution in [0.15, 0.2) is 35.6 Å². The Kier molecular flexibility index (Phi) is 8.10. The van der Waals surface area contributed by atoms with E-state index in [1.54, 1.807) is 0 Å². The SMILES string of the molecule is O=C(O)C1=CC(=CC[NH+]2c3cc(O[C@@H]4O[C@H](CO)[C@@H](O)[C@H](O)[C@H]4O)c(O)cc3C[C@@H]2C(=O)[O-])C[C@H](C(=O)O)N1. The van der Waals surface area contributed by atoms with Crippen molar-refractivity contribution < 1.29 is 69.6 Å². The Hall–Kier alpha value is -3.73. The normalized spacial score (nSPS) is 33.1. The van der Waals surface area contributed by atoms with Gasteiger partial charge in [0.15, 0.2) is 11.5 Å². The summed E-state index contributed by atoms with van der Waals surface area (Å²) in [4.78, 5) is 35.1. The van der Waals surface area contributed by atoms with Crippen LogP contribution in [0.4, 0.5) is 5.69 Å². The number of phenols is 1. The van der Waals surface area contributed by atoms with Crippen molar-refractivity contribution in [2.24, 2.45) is 0 Å². The summed E-state index contributed by atoms with van der Waals surface area (Å²) in [5.74, 6) is -4.69. The molecule has 3 aliphatic rings. The Morgan fingerprint density at radius 3 is 2.46 bits per heavy atom. The maximum Gasteiger partial charge on any atom is 0.351 e. The highest BCUT2D eigenvalue weighted by Gasteiger charge is 2.45. The van der Waals surface area contributed by atoms with Gasteiger partial charge in [-0.25, -0.2) is 9.59 Å². The van der Waals surface area contributed by atoms with E-state index in [1.807, 2.05) is 0 Å². The van der Waals surface area contributed by atoms with E-state index < -0.39 is 73.1 Å². The number of carbonyl (C=O) groups excluding carboxylic acids is 1. The molecule has 0 bridgehead atoms. The first kappa shape index (κ1) is 28.3. The minimum absolute atomic E-state index is 0.0268. The summed E-state index contributed by atoms with van der Waals surface area (Å²) in [6.45, 7) is -0.724. The minimum Gasteiger partial charge on any atom is -0.544 e. The average molecular weight is 552 g/mol. The van der Waals surface area contributed by atoms with Crippen LogP contribution in [0.2, 0.25) is 0 Å². The molecule has 0 amide bonds. The lowest BCUT2D eigenvalue weighted by Crippen LogP contribution is -3.11. The average Bonchev–Trinajstić information content (AvgIpc) is 3.24.